The van der Waals surface area contributed by atoms with Gasteiger partial charge in [-0.1, -0.05) is 33.6 Å². The molecule has 0 amide bonds. The van der Waals surface area contributed by atoms with Crippen molar-refractivity contribution in [3.8, 4) is 0 Å². The normalized spacial score (nSPS) is 13.6. The van der Waals surface area contributed by atoms with Crippen molar-refractivity contribution in [2.24, 2.45) is 11.8 Å². The molecule has 0 saturated heterocycles. The molecule has 4 nitrogen and oxygen atoms in total. The maximum absolute atomic E-state index is 12.2. The Labute approximate surface area is 185 Å². The fourth-order valence-corrected chi connectivity index (χ4v) is 4.73. The molecule has 1 rings (SSSR count). The number of benzene rings is 1. The van der Waals surface area contributed by atoms with Crippen LogP contribution in [0.5, 0.6) is 0 Å². The van der Waals surface area contributed by atoms with Crippen molar-refractivity contribution in [2.45, 2.75) is 56.2 Å². The monoisotopic (exact) mass is 436 g/mol. The fraction of sp³-hybridized carbons (Fsp3) is 0.565. The smallest absolute Gasteiger partial charge is 0.306 e. The van der Waals surface area contributed by atoms with Crippen LogP contribution < -0.4 is 5.32 Å². The number of carbonyl (C=O) groups excluding carboxylic acids is 1. The Kier molecular flexibility index (Phi) is 12.9. The predicted octanol–water partition coefficient (Wildman–Crippen LogP) is 6.11. The van der Waals surface area contributed by atoms with E-state index in [0.717, 1.165) is 27.3 Å². The summed E-state index contributed by atoms with van der Waals surface area (Å²) < 4.78 is 5.55. The van der Waals surface area contributed by atoms with Gasteiger partial charge in [0.25, 0.3) is 0 Å². The molecule has 0 aliphatic heterocycles. The molecule has 0 aliphatic carbocycles. The lowest BCUT2D eigenvalue weighted by molar-refractivity contribution is -0.145. The van der Waals surface area contributed by atoms with Gasteiger partial charge < -0.3 is 15.5 Å². The summed E-state index contributed by atoms with van der Waals surface area (Å²) >= 11 is 3.31. The van der Waals surface area contributed by atoms with E-state index in [0.29, 0.717) is 30.6 Å². The van der Waals surface area contributed by atoms with Gasteiger partial charge in [0.2, 0.25) is 0 Å². The Bertz CT molecular complexity index is 677. The molecule has 0 spiro atoms. The van der Waals surface area contributed by atoms with Gasteiger partial charge in [-0.25, -0.2) is 0 Å². The topological polar surface area (TPSA) is 62.2 Å². The maximum atomic E-state index is 12.2. The summed E-state index contributed by atoms with van der Waals surface area (Å²) in [6.07, 6.45) is 9.03. The summed E-state index contributed by atoms with van der Waals surface area (Å²) in [4.78, 5) is 14.4. The SMILES string of the molecule is CCC[C@@H](C)C(CC)COC(=O)CCSc1ccc(SC)c(/C(C=N)=C/NC)c1. The number of carbonyl (C=O) groups is 1. The summed E-state index contributed by atoms with van der Waals surface area (Å²) in [6.45, 7) is 7.15. The van der Waals surface area contributed by atoms with Crippen molar-refractivity contribution in [2.75, 3.05) is 25.7 Å². The van der Waals surface area contributed by atoms with E-state index in [1.54, 1.807) is 23.5 Å². The Morgan fingerprint density at radius 1 is 1.34 bits per heavy atom. The molecule has 2 atom stereocenters. The van der Waals surface area contributed by atoms with E-state index in [2.05, 4.69) is 44.3 Å². The maximum Gasteiger partial charge on any atom is 0.306 e. The van der Waals surface area contributed by atoms with Crippen LogP contribution >= 0.6 is 23.5 Å². The molecule has 0 heterocycles. The second kappa shape index (κ2) is 14.6. The third-order valence-corrected chi connectivity index (χ3v) is 6.84. The number of hydrogen-bond acceptors (Lipinski definition) is 6. The number of thioether (sulfide) groups is 2. The van der Waals surface area contributed by atoms with E-state index in [9.17, 15) is 4.79 Å². The molecular formula is C23H36N2O2S2. The first-order chi connectivity index (χ1) is 14.0. The van der Waals surface area contributed by atoms with E-state index in [4.69, 9.17) is 10.1 Å². The van der Waals surface area contributed by atoms with Gasteiger partial charge in [-0.3, -0.25) is 4.79 Å². The van der Waals surface area contributed by atoms with E-state index in [1.807, 2.05) is 19.5 Å². The summed E-state index contributed by atoms with van der Waals surface area (Å²) in [5, 5.41) is 10.7. The van der Waals surface area contributed by atoms with Crippen LogP contribution in [0.25, 0.3) is 5.57 Å². The molecular weight excluding hydrogens is 400 g/mol. The van der Waals surface area contributed by atoms with Crippen molar-refractivity contribution >= 4 is 41.3 Å². The lowest BCUT2D eigenvalue weighted by atomic mass is 9.89. The quantitative estimate of drug-likeness (QED) is 0.209. The number of rotatable bonds is 14. The van der Waals surface area contributed by atoms with E-state index < -0.39 is 0 Å². The van der Waals surface area contributed by atoms with Gasteiger partial charge in [-0.15, -0.1) is 23.5 Å². The highest BCUT2D eigenvalue weighted by Crippen LogP contribution is 2.31. The van der Waals surface area contributed by atoms with Crippen molar-refractivity contribution in [3.05, 3.63) is 30.0 Å². The van der Waals surface area contributed by atoms with Gasteiger partial charge in [0.05, 0.1) is 13.0 Å². The zero-order valence-corrected chi connectivity index (χ0v) is 20.1. The van der Waals surface area contributed by atoms with E-state index in [1.165, 1.54) is 19.1 Å². The fourth-order valence-electron chi connectivity index (χ4n) is 3.26. The van der Waals surface area contributed by atoms with Crippen molar-refractivity contribution < 1.29 is 9.53 Å². The van der Waals surface area contributed by atoms with Crippen LogP contribution in [-0.4, -0.2) is 37.8 Å². The number of nitrogens with one attached hydrogen (secondary N) is 2. The minimum Gasteiger partial charge on any atom is -0.465 e. The largest absolute Gasteiger partial charge is 0.465 e. The van der Waals surface area contributed by atoms with Crippen LogP contribution in [0.3, 0.4) is 0 Å². The number of esters is 1. The predicted molar refractivity (Wildman–Crippen MR) is 128 cm³/mol. The molecule has 0 saturated carbocycles. The molecule has 1 aromatic rings. The summed E-state index contributed by atoms with van der Waals surface area (Å²) in [7, 11) is 1.83. The van der Waals surface area contributed by atoms with Gasteiger partial charge in [0, 0.05) is 40.6 Å². The number of allylic oxidation sites excluding steroid dienone is 1. The summed E-state index contributed by atoms with van der Waals surface area (Å²) in [5.41, 5.74) is 1.87. The van der Waals surface area contributed by atoms with Crippen LogP contribution in [-0.2, 0) is 9.53 Å². The highest BCUT2D eigenvalue weighted by atomic mass is 32.2. The summed E-state index contributed by atoms with van der Waals surface area (Å²) in [5.74, 6) is 1.62. The van der Waals surface area contributed by atoms with Crippen molar-refractivity contribution in [1.29, 1.82) is 5.41 Å². The summed E-state index contributed by atoms with van der Waals surface area (Å²) in [6, 6.07) is 6.25. The second-order valence-corrected chi connectivity index (χ2v) is 9.13. The van der Waals surface area contributed by atoms with Crippen molar-refractivity contribution in [1.82, 2.24) is 5.32 Å². The molecule has 0 bridgehead atoms. The molecule has 162 valence electrons. The van der Waals surface area contributed by atoms with Crippen molar-refractivity contribution in [3.63, 3.8) is 0 Å². The zero-order chi connectivity index (χ0) is 21.6. The Balaban J connectivity index is 2.60. The molecule has 1 aromatic carbocycles. The van der Waals surface area contributed by atoms with Crippen LogP contribution in [0.1, 0.15) is 52.0 Å². The zero-order valence-electron chi connectivity index (χ0n) is 18.4. The highest BCUT2D eigenvalue weighted by Gasteiger charge is 2.17. The minimum atomic E-state index is -0.115. The first-order valence-electron chi connectivity index (χ1n) is 10.3. The third-order valence-electron chi connectivity index (χ3n) is 5.04. The number of ether oxygens (including phenoxy) is 1. The molecule has 0 radical (unpaired) electrons. The first-order valence-corrected chi connectivity index (χ1v) is 12.6. The second-order valence-electron chi connectivity index (χ2n) is 7.11. The average molecular weight is 437 g/mol. The molecule has 0 fully saturated rings. The highest BCUT2D eigenvalue weighted by molar-refractivity contribution is 7.99. The molecule has 29 heavy (non-hydrogen) atoms. The minimum absolute atomic E-state index is 0.115. The van der Waals surface area contributed by atoms with Crippen LogP contribution in [0.2, 0.25) is 0 Å². The van der Waals surface area contributed by atoms with Gasteiger partial charge in [-0.05, 0) is 48.3 Å². The lowest BCUT2D eigenvalue weighted by Gasteiger charge is -2.22. The van der Waals surface area contributed by atoms with Gasteiger partial charge in [0.15, 0.2) is 0 Å². The molecule has 6 heteroatoms. The first kappa shape index (κ1) is 25.6. The molecule has 0 aliphatic rings. The Hall–Kier alpha value is -1.40. The molecule has 1 unspecified atom stereocenters. The van der Waals surface area contributed by atoms with Crippen LogP contribution in [0.4, 0.5) is 0 Å². The van der Waals surface area contributed by atoms with E-state index in [-0.39, 0.29) is 5.97 Å². The molecule has 0 aromatic heterocycles. The Morgan fingerprint density at radius 2 is 2.10 bits per heavy atom. The standard InChI is InChI=1S/C23H36N2O2S2/c1-6-8-17(3)18(7-2)16-27-23(26)11-12-29-20-9-10-22(28-5)21(13-20)19(14-24)15-25-4/h9-10,13-15,17-18,24-25H,6-8,11-12,16H2,1-5H3/b19-15+,24-14?/t17-,18?/m1/s1. The van der Waals surface area contributed by atoms with Crippen LogP contribution in [0.15, 0.2) is 34.2 Å². The van der Waals surface area contributed by atoms with Crippen LogP contribution in [0, 0.1) is 17.2 Å². The van der Waals surface area contributed by atoms with E-state index >= 15 is 0 Å². The third kappa shape index (κ3) is 8.87. The van der Waals surface area contributed by atoms with Gasteiger partial charge >= 0.3 is 5.97 Å². The molecule has 2 N–H and O–H groups in total. The van der Waals surface area contributed by atoms with Gasteiger partial charge in [-0.2, -0.15) is 0 Å². The Morgan fingerprint density at radius 3 is 2.69 bits per heavy atom. The lowest BCUT2D eigenvalue weighted by Crippen LogP contribution is -2.20. The van der Waals surface area contributed by atoms with Gasteiger partial charge in [0.1, 0.15) is 0 Å². The average Bonchev–Trinajstić information content (AvgIpc) is 2.72. The number of hydrogen-bond donors (Lipinski definition) is 2.